The van der Waals surface area contributed by atoms with Crippen molar-refractivity contribution in [2.75, 3.05) is 45.4 Å². The van der Waals surface area contributed by atoms with Crippen molar-refractivity contribution < 1.29 is 14.3 Å². The van der Waals surface area contributed by atoms with Crippen molar-refractivity contribution in [3.05, 3.63) is 53.3 Å². The normalized spacial score (nSPS) is 14.2. The fraction of sp³-hybridized carbons (Fsp3) is 0.400. The second kappa shape index (κ2) is 8.19. The second-order valence-corrected chi connectivity index (χ2v) is 6.50. The van der Waals surface area contributed by atoms with Crippen LogP contribution in [0.1, 0.15) is 21.5 Å². The molecule has 0 bridgehead atoms. The van der Waals surface area contributed by atoms with Gasteiger partial charge in [-0.25, -0.2) is 0 Å². The lowest BCUT2D eigenvalue weighted by molar-refractivity contribution is 0.0784. The molecule has 1 aliphatic heterocycles. The van der Waals surface area contributed by atoms with E-state index in [0.717, 1.165) is 35.7 Å². The summed E-state index contributed by atoms with van der Waals surface area (Å²) in [7, 11) is 3.47. The van der Waals surface area contributed by atoms with Crippen molar-refractivity contribution in [1.29, 1.82) is 0 Å². The third-order valence-corrected chi connectivity index (χ3v) is 4.57. The molecule has 2 aromatic rings. The number of pyridine rings is 1. The van der Waals surface area contributed by atoms with Gasteiger partial charge in [0.25, 0.3) is 5.91 Å². The molecule has 0 spiro atoms. The minimum atomic E-state index is -0.0407. The number of aryl methyl sites for hydroxylation is 1. The van der Waals surface area contributed by atoms with Crippen LogP contribution in [0.3, 0.4) is 0 Å². The number of anilines is 1. The fourth-order valence-electron chi connectivity index (χ4n) is 3.14. The molecule has 0 saturated carbocycles. The lowest BCUT2D eigenvalue weighted by Crippen LogP contribution is -2.36. The molecular formula is C20H25N3O3. The van der Waals surface area contributed by atoms with E-state index in [2.05, 4.69) is 9.88 Å². The zero-order valence-electron chi connectivity index (χ0n) is 15.6. The summed E-state index contributed by atoms with van der Waals surface area (Å²) < 4.78 is 10.7. The molecule has 0 N–H and O–H groups in total. The van der Waals surface area contributed by atoms with Gasteiger partial charge in [-0.15, -0.1) is 0 Å². The average Bonchev–Trinajstić information content (AvgIpc) is 2.68. The van der Waals surface area contributed by atoms with Crippen LogP contribution in [-0.2, 0) is 11.3 Å². The third-order valence-electron chi connectivity index (χ3n) is 4.57. The van der Waals surface area contributed by atoms with Crippen LogP contribution >= 0.6 is 0 Å². The van der Waals surface area contributed by atoms with Gasteiger partial charge in [0.05, 0.1) is 37.8 Å². The molecule has 1 fully saturated rings. The lowest BCUT2D eigenvalue weighted by Gasteiger charge is -2.29. The van der Waals surface area contributed by atoms with Crippen LogP contribution in [0.25, 0.3) is 0 Å². The Kier molecular flexibility index (Phi) is 5.73. The van der Waals surface area contributed by atoms with Gasteiger partial charge in [-0.1, -0.05) is 12.1 Å². The van der Waals surface area contributed by atoms with Crippen LogP contribution in [0.2, 0.25) is 0 Å². The first kappa shape index (κ1) is 18.2. The number of benzene rings is 1. The summed E-state index contributed by atoms with van der Waals surface area (Å²) in [5.41, 5.74) is 3.69. The van der Waals surface area contributed by atoms with Gasteiger partial charge >= 0.3 is 0 Å². The van der Waals surface area contributed by atoms with Crippen LogP contribution in [0.5, 0.6) is 5.75 Å². The van der Waals surface area contributed by atoms with Crippen molar-refractivity contribution in [3.8, 4) is 5.75 Å². The molecule has 0 unspecified atom stereocenters. The molecule has 26 heavy (non-hydrogen) atoms. The average molecular weight is 355 g/mol. The van der Waals surface area contributed by atoms with Crippen molar-refractivity contribution in [2.24, 2.45) is 0 Å². The van der Waals surface area contributed by atoms with Gasteiger partial charge in [0, 0.05) is 32.9 Å². The largest absolute Gasteiger partial charge is 0.496 e. The Hall–Kier alpha value is -2.60. The first-order valence-electron chi connectivity index (χ1n) is 8.75. The summed E-state index contributed by atoms with van der Waals surface area (Å²) >= 11 is 0. The summed E-state index contributed by atoms with van der Waals surface area (Å²) in [5.74, 6) is 0.811. The summed E-state index contributed by atoms with van der Waals surface area (Å²) in [5, 5.41) is 0. The highest BCUT2D eigenvalue weighted by Crippen LogP contribution is 2.21. The SMILES string of the molecule is COc1ccc(CN(C)C(=O)c2cncc(N3CCOCC3)c2)cc1C. The molecule has 0 atom stereocenters. The summed E-state index contributed by atoms with van der Waals surface area (Å²) in [6.07, 6.45) is 3.43. The number of amides is 1. The quantitative estimate of drug-likeness (QED) is 0.825. The van der Waals surface area contributed by atoms with E-state index in [4.69, 9.17) is 9.47 Å². The van der Waals surface area contributed by atoms with E-state index in [0.29, 0.717) is 25.3 Å². The van der Waals surface area contributed by atoms with E-state index < -0.39 is 0 Å². The lowest BCUT2D eigenvalue weighted by atomic mass is 10.1. The summed E-state index contributed by atoms with van der Waals surface area (Å²) in [6, 6.07) is 7.88. The number of nitrogens with zero attached hydrogens (tertiary/aromatic N) is 3. The number of hydrogen-bond donors (Lipinski definition) is 0. The summed E-state index contributed by atoms with van der Waals surface area (Å²) in [6.45, 7) is 5.58. The van der Waals surface area contributed by atoms with Crippen LogP contribution < -0.4 is 9.64 Å². The minimum absolute atomic E-state index is 0.0407. The second-order valence-electron chi connectivity index (χ2n) is 6.50. The van der Waals surface area contributed by atoms with Gasteiger partial charge < -0.3 is 19.3 Å². The molecule has 3 rings (SSSR count). The van der Waals surface area contributed by atoms with E-state index in [1.807, 2.05) is 38.2 Å². The van der Waals surface area contributed by atoms with E-state index in [1.54, 1.807) is 24.4 Å². The third kappa shape index (κ3) is 4.14. The summed E-state index contributed by atoms with van der Waals surface area (Å²) in [4.78, 5) is 21.0. The molecule has 1 aliphatic rings. The zero-order valence-corrected chi connectivity index (χ0v) is 15.6. The number of aromatic nitrogens is 1. The number of carbonyl (C=O) groups excluding carboxylic acids is 1. The van der Waals surface area contributed by atoms with Crippen LogP contribution in [0, 0.1) is 6.92 Å². The van der Waals surface area contributed by atoms with Gasteiger partial charge in [0.1, 0.15) is 5.75 Å². The van der Waals surface area contributed by atoms with Crippen molar-refractivity contribution >= 4 is 11.6 Å². The molecule has 1 aromatic heterocycles. The molecule has 6 nitrogen and oxygen atoms in total. The monoisotopic (exact) mass is 355 g/mol. The minimum Gasteiger partial charge on any atom is -0.496 e. The van der Waals surface area contributed by atoms with Gasteiger partial charge in [0.2, 0.25) is 0 Å². The molecular weight excluding hydrogens is 330 g/mol. The molecule has 1 aromatic carbocycles. The van der Waals surface area contributed by atoms with Gasteiger partial charge in [-0.2, -0.15) is 0 Å². The predicted molar refractivity (Wildman–Crippen MR) is 101 cm³/mol. The number of methoxy groups -OCH3 is 1. The van der Waals surface area contributed by atoms with Crippen LogP contribution in [0.4, 0.5) is 5.69 Å². The van der Waals surface area contributed by atoms with E-state index in [-0.39, 0.29) is 5.91 Å². The van der Waals surface area contributed by atoms with E-state index in [9.17, 15) is 4.79 Å². The maximum atomic E-state index is 12.8. The molecule has 2 heterocycles. The van der Waals surface area contributed by atoms with Crippen LogP contribution in [0.15, 0.2) is 36.7 Å². The highest BCUT2D eigenvalue weighted by atomic mass is 16.5. The number of ether oxygens (including phenoxy) is 2. The van der Waals surface area contributed by atoms with Gasteiger partial charge in [0.15, 0.2) is 0 Å². The van der Waals surface area contributed by atoms with Crippen molar-refractivity contribution in [1.82, 2.24) is 9.88 Å². The van der Waals surface area contributed by atoms with Gasteiger partial charge in [-0.05, 0) is 30.2 Å². The highest BCUT2D eigenvalue weighted by Gasteiger charge is 2.17. The number of hydrogen-bond acceptors (Lipinski definition) is 5. The first-order chi connectivity index (χ1) is 12.6. The predicted octanol–water partition coefficient (Wildman–Crippen LogP) is 2.51. The fourth-order valence-corrected chi connectivity index (χ4v) is 3.14. The maximum absolute atomic E-state index is 12.8. The Morgan fingerprint density at radius 1 is 1.27 bits per heavy atom. The zero-order chi connectivity index (χ0) is 18.5. The first-order valence-corrected chi connectivity index (χ1v) is 8.75. The van der Waals surface area contributed by atoms with Crippen molar-refractivity contribution in [2.45, 2.75) is 13.5 Å². The highest BCUT2D eigenvalue weighted by molar-refractivity contribution is 5.94. The topological polar surface area (TPSA) is 54.9 Å². The molecule has 1 amide bonds. The molecule has 0 radical (unpaired) electrons. The van der Waals surface area contributed by atoms with Crippen LogP contribution in [-0.4, -0.2) is 56.3 Å². The van der Waals surface area contributed by atoms with E-state index >= 15 is 0 Å². The molecule has 0 aliphatic carbocycles. The number of rotatable bonds is 5. The molecule has 138 valence electrons. The standard InChI is InChI=1S/C20H25N3O3/c1-15-10-16(4-5-19(15)25-3)14-22(2)20(24)17-11-18(13-21-12-17)23-6-8-26-9-7-23/h4-5,10-13H,6-9,14H2,1-3H3. The number of morpholine rings is 1. The smallest absolute Gasteiger partial charge is 0.255 e. The Labute approximate surface area is 154 Å². The van der Waals surface area contributed by atoms with Gasteiger partial charge in [-0.3, -0.25) is 9.78 Å². The van der Waals surface area contributed by atoms with Crippen molar-refractivity contribution in [3.63, 3.8) is 0 Å². The number of carbonyl (C=O) groups is 1. The molecule has 6 heteroatoms. The van der Waals surface area contributed by atoms with E-state index in [1.165, 1.54) is 0 Å². The Bertz CT molecular complexity index is 773. The Morgan fingerprint density at radius 3 is 2.73 bits per heavy atom. The maximum Gasteiger partial charge on any atom is 0.255 e. The molecule has 1 saturated heterocycles. The Balaban J connectivity index is 1.71. The Morgan fingerprint density at radius 2 is 2.04 bits per heavy atom.